The highest BCUT2D eigenvalue weighted by Gasteiger charge is 2.07. The molecule has 0 aliphatic carbocycles. The van der Waals surface area contributed by atoms with Gasteiger partial charge in [0.15, 0.2) is 0 Å². The van der Waals surface area contributed by atoms with Crippen molar-refractivity contribution >= 4 is 17.3 Å². The SMILES string of the molecule is CC(Nc1cnn(C(C)C)c1)c1ccc(Cl)cc1. The van der Waals surface area contributed by atoms with Crippen LogP contribution in [0.15, 0.2) is 36.7 Å². The molecule has 2 rings (SSSR count). The number of halogens is 1. The van der Waals surface area contributed by atoms with Gasteiger partial charge in [-0.2, -0.15) is 5.10 Å². The van der Waals surface area contributed by atoms with Gasteiger partial charge in [0.05, 0.1) is 11.9 Å². The summed E-state index contributed by atoms with van der Waals surface area (Å²) in [4.78, 5) is 0. The van der Waals surface area contributed by atoms with Gasteiger partial charge in [-0.05, 0) is 38.5 Å². The molecule has 0 saturated carbocycles. The fourth-order valence-electron chi connectivity index (χ4n) is 1.78. The third-order valence-corrected chi connectivity index (χ3v) is 3.14. The number of anilines is 1. The Morgan fingerprint density at radius 3 is 2.39 bits per heavy atom. The van der Waals surface area contributed by atoms with Crippen LogP contribution in [0.2, 0.25) is 5.02 Å². The molecule has 0 fully saturated rings. The predicted molar refractivity (Wildman–Crippen MR) is 76.1 cm³/mol. The Hall–Kier alpha value is -1.48. The Morgan fingerprint density at radius 1 is 1.17 bits per heavy atom. The molecule has 0 saturated heterocycles. The Kier molecular flexibility index (Phi) is 3.92. The first-order valence-electron chi connectivity index (χ1n) is 6.12. The van der Waals surface area contributed by atoms with Crippen LogP contribution in [0.3, 0.4) is 0 Å². The van der Waals surface area contributed by atoms with Gasteiger partial charge in [0.2, 0.25) is 0 Å². The number of hydrogen-bond acceptors (Lipinski definition) is 2. The summed E-state index contributed by atoms with van der Waals surface area (Å²) in [6.07, 6.45) is 3.88. The monoisotopic (exact) mass is 263 g/mol. The Bertz CT molecular complexity index is 502. The van der Waals surface area contributed by atoms with Gasteiger partial charge in [-0.3, -0.25) is 4.68 Å². The first-order chi connectivity index (χ1) is 8.56. The Labute approximate surface area is 113 Å². The van der Waals surface area contributed by atoms with Crippen LogP contribution in [0.25, 0.3) is 0 Å². The van der Waals surface area contributed by atoms with Crippen molar-refractivity contribution in [2.24, 2.45) is 0 Å². The second-order valence-corrected chi connectivity index (χ2v) is 5.16. The van der Waals surface area contributed by atoms with E-state index in [1.807, 2.05) is 41.3 Å². The Morgan fingerprint density at radius 2 is 1.83 bits per heavy atom. The van der Waals surface area contributed by atoms with Gasteiger partial charge in [0.1, 0.15) is 0 Å². The Balaban J connectivity index is 2.06. The zero-order valence-corrected chi connectivity index (χ0v) is 11.6. The fourth-order valence-corrected chi connectivity index (χ4v) is 1.91. The lowest BCUT2D eigenvalue weighted by Gasteiger charge is -2.14. The molecule has 1 unspecified atom stereocenters. The lowest BCUT2D eigenvalue weighted by atomic mass is 10.1. The quantitative estimate of drug-likeness (QED) is 0.892. The largest absolute Gasteiger partial charge is 0.376 e. The average Bonchev–Trinajstić information content (AvgIpc) is 2.78. The van der Waals surface area contributed by atoms with Gasteiger partial charge in [-0.15, -0.1) is 0 Å². The minimum absolute atomic E-state index is 0.229. The lowest BCUT2D eigenvalue weighted by Crippen LogP contribution is -2.06. The van der Waals surface area contributed by atoms with E-state index in [1.54, 1.807) is 0 Å². The predicted octanol–water partition coefficient (Wildman–Crippen LogP) is 4.29. The van der Waals surface area contributed by atoms with Gasteiger partial charge in [0, 0.05) is 23.3 Å². The molecule has 1 aromatic heterocycles. The van der Waals surface area contributed by atoms with Crippen LogP contribution in [-0.2, 0) is 0 Å². The smallest absolute Gasteiger partial charge is 0.0731 e. The fraction of sp³-hybridized carbons (Fsp3) is 0.357. The van der Waals surface area contributed by atoms with Gasteiger partial charge in [0.25, 0.3) is 0 Å². The van der Waals surface area contributed by atoms with Gasteiger partial charge >= 0.3 is 0 Å². The van der Waals surface area contributed by atoms with Crippen molar-refractivity contribution in [3.8, 4) is 0 Å². The van der Waals surface area contributed by atoms with Crippen LogP contribution in [0.1, 0.15) is 38.4 Å². The summed E-state index contributed by atoms with van der Waals surface area (Å²) < 4.78 is 1.94. The van der Waals surface area contributed by atoms with Crippen molar-refractivity contribution in [3.63, 3.8) is 0 Å². The van der Waals surface area contributed by atoms with E-state index in [0.717, 1.165) is 10.7 Å². The molecular formula is C14H18ClN3. The molecule has 1 N–H and O–H groups in total. The summed E-state index contributed by atoms with van der Waals surface area (Å²) in [7, 11) is 0. The molecule has 0 radical (unpaired) electrons. The van der Waals surface area contributed by atoms with Crippen molar-refractivity contribution in [1.82, 2.24) is 9.78 Å². The highest BCUT2D eigenvalue weighted by Crippen LogP contribution is 2.21. The molecule has 4 heteroatoms. The topological polar surface area (TPSA) is 29.9 Å². The molecule has 96 valence electrons. The summed E-state index contributed by atoms with van der Waals surface area (Å²) >= 11 is 5.88. The normalized spacial score (nSPS) is 12.7. The highest BCUT2D eigenvalue weighted by molar-refractivity contribution is 6.30. The van der Waals surface area contributed by atoms with Crippen molar-refractivity contribution < 1.29 is 0 Å². The molecule has 1 atom stereocenters. The van der Waals surface area contributed by atoms with Crippen molar-refractivity contribution in [2.75, 3.05) is 5.32 Å². The third kappa shape index (κ3) is 3.05. The van der Waals surface area contributed by atoms with E-state index in [1.165, 1.54) is 5.56 Å². The maximum absolute atomic E-state index is 5.88. The minimum Gasteiger partial charge on any atom is -0.376 e. The van der Waals surface area contributed by atoms with E-state index in [-0.39, 0.29) is 6.04 Å². The van der Waals surface area contributed by atoms with Crippen LogP contribution >= 0.6 is 11.6 Å². The standard InChI is InChI=1S/C14H18ClN3/c1-10(2)18-9-14(8-16-18)17-11(3)12-4-6-13(15)7-5-12/h4-11,17H,1-3H3. The molecule has 0 aliphatic heterocycles. The zero-order valence-electron chi connectivity index (χ0n) is 10.9. The maximum atomic E-state index is 5.88. The van der Waals surface area contributed by atoms with Gasteiger partial charge < -0.3 is 5.32 Å². The van der Waals surface area contributed by atoms with Gasteiger partial charge in [-0.1, -0.05) is 23.7 Å². The summed E-state index contributed by atoms with van der Waals surface area (Å²) in [5.74, 6) is 0. The summed E-state index contributed by atoms with van der Waals surface area (Å²) in [6, 6.07) is 8.50. The minimum atomic E-state index is 0.229. The summed E-state index contributed by atoms with van der Waals surface area (Å²) in [5, 5.41) is 8.50. The maximum Gasteiger partial charge on any atom is 0.0731 e. The number of rotatable bonds is 4. The number of aromatic nitrogens is 2. The lowest BCUT2D eigenvalue weighted by molar-refractivity contribution is 0.532. The number of hydrogen-bond donors (Lipinski definition) is 1. The second-order valence-electron chi connectivity index (χ2n) is 4.72. The van der Waals surface area contributed by atoms with Crippen molar-refractivity contribution in [1.29, 1.82) is 0 Å². The van der Waals surface area contributed by atoms with E-state index in [0.29, 0.717) is 6.04 Å². The number of nitrogens with zero attached hydrogens (tertiary/aromatic N) is 2. The molecular weight excluding hydrogens is 246 g/mol. The van der Waals surface area contributed by atoms with E-state index >= 15 is 0 Å². The van der Waals surface area contributed by atoms with Crippen LogP contribution < -0.4 is 5.32 Å². The molecule has 1 heterocycles. The summed E-state index contributed by atoms with van der Waals surface area (Å²) in [5.41, 5.74) is 2.24. The third-order valence-electron chi connectivity index (χ3n) is 2.88. The number of benzene rings is 1. The van der Waals surface area contributed by atoms with Crippen LogP contribution in [0, 0.1) is 0 Å². The molecule has 1 aromatic carbocycles. The van der Waals surface area contributed by atoms with Crippen LogP contribution in [0.5, 0.6) is 0 Å². The van der Waals surface area contributed by atoms with E-state index in [2.05, 4.69) is 31.2 Å². The van der Waals surface area contributed by atoms with Crippen LogP contribution in [0.4, 0.5) is 5.69 Å². The average molecular weight is 264 g/mol. The highest BCUT2D eigenvalue weighted by atomic mass is 35.5. The van der Waals surface area contributed by atoms with Gasteiger partial charge in [-0.25, -0.2) is 0 Å². The molecule has 2 aromatic rings. The zero-order chi connectivity index (χ0) is 13.1. The van der Waals surface area contributed by atoms with Crippen molar-refractivity contribution in [2.45, 2.75) is 32.9 Å². The molecule has 0 amide bonds. The van der Waals surface area contributed by atoms with E-state index < -0.39 is 0 Å². The number of nitrogens with one attached hydrogen (secondary N) is 1. The van der Waals surface area contributed by atoms with E-state index in [9.17, 15) is 0 Å². The van der Waals surface area contributed by atoms with Crippen LogP contribution in [-0.4, -0.2) is 9.78 Å². The molecule has 3 nitrogen and oxygen atoms in total. The molecule has 0 bridgehead atoms. The molecule has 0 spiro atoms. The summed E-state index contributed by atoms with van der Waals surface area (Å²) in [6.45, 7) is 6.34. The van der Waals surface area contributed by atoms with Crippen molar-refractivity contribution in [3.05, 3.63) is 47.2 Å². The molecule has 18 heavy (non-hydrogen) atoms. The second kappa shape index (κ2) is 5.44. The first-order valence-corrected chi connectivity index (χ1v) is 6.50. The molecule has 0 aliphatic rings. The van der Waals surface area contributed by atoms with E-state index in [4.69, 9.17) is 11.6 Å². The first kappa shape index (κ1) is 13.0.